The molecule has 1 unspecified atom stereocenters. The molecule has 0 amide bonds. The Kier molecular flexibility index (Phi) is 3.50. The molecule has 1 rings (SSSR count). The molecule has 0 aliphatic rings. The van der Waals surface area contributed by atoms with E-state index in [1.54, 1.807) is 12.4 Å². The number of rotatable bonds is 3. The van der Waals surface area contributed by atoms with E-state index in [2.05, 4.69) is 17.2 Å². The van der Waals surface area contributed by atoms with Crippen molar-refractivity contribution in [2.75, 3.05) is 7.05 Å². The van der Waals surface area contributed by atoms with E-state index in [4.69, 9.17) is 11.6 Å². The van der Waals surface area contributed by atoms with Gasteiger partial charge in [0.1, 0.15) is 0 Å². The number of pyridine rings is 1. The summed E-state index contributed by atoms with van der Waals surface area (Å²) < 4.78 is 0. The molecular formula is C9H13ClN2. The first kappa shape index (κ1) is 9.49. The molecule has 0 aromatic carbocycles. The van der Waals surface area contributed by atoms with Crippen LogP contribution in [0.4, 0.5) is 0 Å². The maximum Gasteiger partial charge on any atom is 0.0621 e. The van der Waals surface area contributed by atoms with Crippen molar-refractivity contribution in [1.29, 1.82) is 0 Å². The van der Waals surface area contributed by atoms with Crippen LogP contribution in [0, 0.1) is 0 Å². The Morgan fingerprint density at radius 3 is 3.00 bits per heavy atom. The fraction of sp³-hybridized carbons (Fsp3) is 0.444. The van der Waals surface area contributed by atoms with Crippen molar-refractivity contribution in [2.24, 2.45) is 0 Å². The molecule has 12 heavy (non-hydrogen) atoms. The van der Waals surface area contributed by atoms with E-state index >= 15 is 0 Å². The molecule has 0 aliphatic carbocycles. The first-order chi connectivity index (χ1) is 5.74. The van der Waals surface area contributed by atoms with Gasteiger partial charge in [-0.2, -0.15) is 0 Å². The smallest absolute Gasteiger partial charge is 0.0621 e. The summed E-state index contributed by atoms with van der Waals surface area (Å²) in [6.45, 7) is 2.12. The maximum absolute atomic E-state index is 5.94. The highest BCUT2D eigenvalue weighted by Gasteiger charge is 2.03. The molecule has 3 heteroatoms. The summed E-state index contributed by atoms with van der Waals surface area (Å²) in [5.74, 6) is 0. The number of aromatic nitrogens is 1. The minimum absolute atomic E-state index is 0.449. The van der Waals surface area contributed by atoms with Crippen molar-refractivity contribution in [3.63, 3.8) is 0 Å². The van der Waals surface area contributed by atoms with Crippen LogP contribution in [0.15, 0.2) is 18.5 Å². The van der Waals surface area contributed by atoms with Gasteiger partial charge in [-0.05, 0) is 32.0 Å². The monoisotopic (exact) mass is 184 g/mol. The van der Waals surface area contributed by atoms with Gasteiger partial charge in [0.2, 0.25) is 0 Å². The quantitative estimate of drug-likeness (QED) is 0.776. The van der Waals surface area contributed by atoms with Gasteiger partial charge in [-0.1, -0.05) is 11.6 Å². The third-order valence-electron chi connectivity index (χ3n) is 1.88. The summed E-state index contributed by atoms with van der Waals surface area (Å²) in [4.78, 5) is 3.93. The molecule has 0 saturated carbocycles. The van der Waals surface area contributed by atoms with Gasteiger partial charge in [-0.15, -0.1) is 0 Å². The van der Waals surface area contributed by atoms with Gasteiger partial charge in [0, 0.05) is 18.4 Å². The SMILES string of the molecule is CNC(C)Cc1ccncc1Cl. The highest BCUT2D eigenvalue weighted by Crippen LogP contribution is 2.14. The van der Waals surface area contributed by atoms with Gasteiger partial charge >= 0.3 is 0 Å². The van der Waals surface area contributed by atoms with Crippen LogP contribution >= 0.6 is 11.6 Å². The lowest BCUT2D eigenvalue weighted by atomic mass is 10.1. The highest BCUT2D eigenvalue weighted by atomic mass is 35.5. The predicted octanol–water partition coefficient (Wildman–Crippen LogP) is 1.89. The van der Waals surface area contributed by atoms with E-state index in [-0.39, 0.29) is 0 Å². The van der Waals surface area contributed by atoms with E-state index < -0.39 is 0 Å². The number of hydrogen-bond acceptors (Lipinski definition) is 2. The molecule has 0 saturated heterocycles. The maximum atomic E-state index is 5.94. The summed E-state index contributed by atoms with van der Waals surface area (Å²) in [5.41, 5.74) is 1.15. The lowest BCUT2D eigenvalue weighted by Crippen LogP contribution is -2.23. The van der Waals surface area contributed by atoms with Crippen LogP contribution in [0.3, 0.4) is 0 Å². The zero-order valence-corrected chi connectivity index (χ0v) is 8.10. The van der Waals surface area contributed by atoms with Gasteiger partial charge in [-0.3, -0.25) is 4.98 Å². The fourth-order valence-electron chi connectivity index (χ4n) is 1.00. The second-order valence-corrected chi connectivity index (χ2v) is 3.27. The Balaban J connectivity index is 2.69. The Morgan fingerprint density at radius 1 is 1.67 bits per heavy atom. The third-order valence-corrected chi connectivity index (χ3v) is 2.22. The molecular weight excluding hydrogens is 172 g/mol. The average molecular weight is 185 g/mol. The molecule has 1 N–H and O–H groups in total. The number of halogens is 1. The van der Waals surface area contributed by atoms with Crippen molar-refractivity contribution < 1.29 is 0 Å². The lowest BCUT2D eigenvalue weighted by molar-refractivity contribution is 0.608. The fourth-order valence-corrected chi connectivity index (χ4v) is 1.20. The summed E-state index contributed by atoms with van der Waals surface area (Å²) in [6, 6.07) is 2.40. The molecule has 2 nitrogen and oxygen atoms in total. The Morgan fingerprint density at radius 2 is 2.42 bits per heavy atom. The van der Waals surface area contributed by atoms with Gasteiger partial charge in [0.05, 0.1) is 5.02 Å². The van der Waals surface area contributed by atoms with Gasteiger partial charge < -0.3 is 5.32 Å². The number of nitrogens with zero attached hydrogens (tertiary/aromatic N) is 1. The molecule has 1 heterocycles. The van der Waals surface area contributed by atoms with Crippen LogP contribution in [-0.2, 0) is 6.42 Å². The van der Waals surface area contributed by atoms with Crippen LogP contribution in [-0.4, -0.2) is 18.1 Å². The number of likely N-dealkylation sites (N-methyl/N-ethyl adjacent to an activating group) is 1. The molecule has 1 aromatic heterocycles. The van der Waals surface area contributed by atoms with E-state index in [1.807, 2.05) is 13.1 Å². The zero-order chi connectivity index (χ0) is 8.97. The van der Waals surface area contributed by atoms with Crippen molar-refractivity contribution in [1.82, 2.24) is 10.3 Å². The standard InChI is InChI=1S/C9H13ClN2/c1-7(11-2)5-8-3-4-12-6-9(8)10/h3-4,6-7,11H,5H2,1-2H3. The first-order valence-electron chi connectivity index (χ1n) is 3.99. The Labute approximate surface area is 78.0 Å². The van der Waals surface area contributed by atoms with E-state index in [0.717, 1.165) is 17.0 Å². The largest absolute Gasteiger partial charge is 0.317 e. The van der Waals surface area contributed by atoms with Gasteiger partial charge in [-0.25, -0.2) is 0 Å². The second kappa shape index (κ2) is 4.43. The summed E-state index contributed by atoms with van der Waals surface area (Å²) in [5, 5.41) is 3.91. The highest BCUT2D eigenvalue weighted by molar-refractivity contribution is 6.31. The predicted molar refractivity (Wildman–Crippen MR) is 51.5 cm³/mol. The van der Waals surface area contributed by atoms with Crippen molar-refractivity contribution in [2.45, 2.75) is 19.4 Å². The zero-order valence-electron chi connectivity index (χ0n) is 7.34. The van der Waals surface area contributed by atoms with Gasteiger partial charge in [0.15, 0.2) is 0 Å². The molecule has 1 atom stereocenters. The molecule has 66 valence electrons. The summed E-state index contributed by atoms with van der Waals surface area (Å²) in [6.07, 6.45) is 4.39. The molecule has 0 spiro atoms. The van der Waals surface area contributed by atoms with Crippen molar-refractivity contribution in [3.8, 4) is 0 Å². The average Bonchev–Trinajstić information content (AvgIpc) is 2.09. The topological polar surface area (TPSA) is 24.9 Å². The summed E-state index contributed by atoms with van der Waals surface area (Å²) in [7, 11) is 1.94. The Hall–Kier alpha value is -0.600. The van der Waals surface area contributed by atoms with E-state index in [1.165, 1.54) is 0 Å². The lowest BCUT2D eigenvalue weighted by Gasteiger charge is -2.10. The molecule has 1 aromatic rings. The van der Waals surface area contributed by atoms with Crippen molar-refractivity contribution in [3.05, 3.63) is 29.0 Å². The summed E-state index contributed by atoms with van der Waals surface area (Å²) >= 11 is 5.94. The number of hydrogen-bond donors (Lipinski definition) is 1. The van der Waals surface area contributed by atoms with Crippen LogP contribution in [0.2, 0.25) is 5.02 Å². The normalized spacial score (nSPS) is 12.9. The molecule has 0 bridgehead atoms. The minimum Gasteiger partial charge on any atom is -0.317 e. The van der Waals surface area contributed by atoms with Crippen LogP contribution in [0.25, 0.3) is 0 Å². The molecule has 0 aliphatic heterocycles. The second-order valence-electron chi connectivity index (χ2n) is 2.86. The van der Waals surface area contributed by atoms with Crippen LogP contribution in [0.1, 0.15) is 12.5 Å². The molecule has 0 fully saturated rings. The third kappa shape index (κ3) is 2.47. The van der Waals surface area contributed by atoms with E-state index in [9.17, 15) is 0 Å². The minimum atomic E-state index is 0.449. The number of nitrogens with one attached hydrogen (secondary N) is 1. The van der Waals surface area contributed by atoms with E-state index in [0.29, 0.717) is 6.04 Å². The Bertz CT molecular complexity index is 250. The van der Waals surface area contributed by atoms with Crippen LogP contribution < -0.4 is 5.32 Å². The molecule has 0 radical (unpaired) electrons. The van der Waals surface area contributed by atoms with Crippen LogP contribution in [0.5, 0.6) is 0 Å². The van der Waals surface area contributed by atoms with Crippen molar-refractivity contribution >= 4 is 11.6 Å². The van der Waals surface area contributed by atoms with Gasteiger partial charge in [0.25, 0.3) is 0 Å². The first-order valence-corrected chi connectivity index (χ1v) is 4.37.